The molecule has 0 aliphatic rings. The lowest BCUT2D eigenvalue weighted by Crippen LogP contribution is -2.26. The minimum atomic E-state index is -0.823. The number of pyridine rings is 1. The van der Waals surface area contributed by atoms with Crippen LogP contribution in [0.15, 0.2) is 34.6 Å². The number of amides is 1. The van der Waals surface area contributed by atoms with Crippen molar-refractivity contribution < 1.29 is 14.7 Å². The van der Waals surface area contributed by atoms with Gasteiger partial charge in [0.15, 0.2) is 0 Å². The van der Waals surface area contributed by atoms with E-state index in [1.54, 1.807) is 18.3 Å². The zero-order valence-electron chi connectivity index (χ0n) is 12.4. The smallest absolute Gasteiger partial charge is 0.303 e. The molecule has 7 nitrogen and oxygen atoms in total. The van der Waals surface area contributed by atoms with Gasteiger partial charge in [0.25, 0.3) is 5.91 Å². The molecule has 1 amide bonds. The van der Waals surface area contributed by atoms with Crippen LogP contribution in [0, 0.1) is 11.3 Å². The number of unbranched alkanes of at least 4 members (excludes halogenated alkanes) is 2. The fourth-order valence-electron chi connectivity index (χ4n) is 1.63. The van der Waals surface area contributed by atoms with E-state index < -0.39 is 11.9 Å². The summed E-state index contributed by atoms with van der Waals surface area (Å²) in [6.07, 6.45) is 4.97. The molecule has 1 aromatic rings. The number of anilines is 1. The van der Waals surface area contributed by atoms with Gasteiger partial charge in [-0.25, -0.2) is 4.98 Å². The summed E-state index contributed by atoms with van der Waals surface area (Å²) in [7, 11) is 0. The second kappa shape index (κ2) is 10.3. The molecule has 122 valence electrons. The highest BCUT2D eigenvalue weighted by Crippen LogP contribution is 2.10. The molecule has 0 spiro atoms. The lowest BCUT2D eigenvalue weighted by molar-refractivity contribution is -0.137. The number of carboxylic acid groups (broad SMARTS) is 1. The van der Waals surface area contributed by atoms with Crippen LogP contribution in [-0.4, -0.2) is 28.5 Å². The normalized spacial score (nSPS) is 10.7. The number of halogens is 1. The first-order chi connectivity index (χ1) is 11.0. The summed E-state index contributed by atoms with van der Waals surface area (Å²) in [5.74, 6) is -0.783. The van der Waals surface area contributed by atoms with Crippen molar-refractivity contribution in [3.05, 3.63) is 34.6 Å². The van der Waals surface area contributed by atoms with Crippen LogP contribution in [0.5, 0.6) is 0 Å². The van der Waals surface area contributed by atoms with Gasteiger partial charge in [-0.15, -0.1) is 0 Å². The minimum Gasteiger partial charge on any atom is -0.481 e. The van der Waals surface area contributed by atoms with Crippen LogP contribution in [0.4, 0.5) is 5.82 Å². The zero-order chi connectivity index (χ0) is 17.1. The third-order valence-electron chi connectivity index (χ3n) is 2.81. The van der Waals surface area contributed by atoms with Crippen LogP contribution in [0.1, 0.15) is 25.7 Å². The first-order valence-corrected chi connectivity index (χ1v) is 7.80. The Morgan fingerprint density at radius 2 is 2.13 bits per heavy atom. The number of hydrogen-bond acceptors (Lipinski definition) is 5. The largest absolute Gasteiger partial charge is 0.481 e. The number of carbonyl (C=O) groups excluding carboxylic acids is 1. The Morgan fingerprint density at radius 1 is 1.35 bits per heavy atom. The quantitative estimate of drug-likeness (QED) is 0.344. The van der Waals surface area contributed by atoms with Crippen molar-refractivity contribution in [2.75, 3.05) is 11.9 Å². The van der Waals surface area contributed by atoms with E-state index in [9.17, 15) is 9.59 Å². The van der Waals surface area contributed by atoms with Crippen LogP contribution in [0.2, 0.25) is 0 Å². The van der Waals surface area contributed by atoms with Crippen molar-refractivity contribution in [1.82, 2.24) is 10.3 Å². The summed E-state index contributed by atoms with van der Waals surface area (Å²) in [6, 6.07) is 5.31. The second-order valence-electron chi connectivity index (χ2n) is 4.64. The third-order valence-corrected chi connectivity index (χ3v) is 3.28. The number of rotatable bonds is 9. The van der Waals surface area contributed by atoms with Crippen molar-refractivity contribution in [2.24, 2.45) is 0 Å². The van der Waals surface area contributed by atoms with E-state index in [-0.39, 0.29) is 12.0 Å². The molecule has 23 heavy (non-hydrogen) atoms. The molecule has 0 aliphatic carbocycles. The minimum absolute atomic E-state index is 0.0553. The molecule has 0 aromatic carbocycles. The topological polar surface area (TPSA) is 115 Å². The Balaban J connectivity index is 2.36. The average molecular weight is 381 g/mol. The van der Waals surface area contributed by atoms with E-state index in [1.807, 2.05) is 6.07 Å². The summed E-state index contributed by atoms with van der Waals surface area (Å²) in [6.45, 7) is 0.397. The Labute approximate surface area is 142 Å². The number of hydrogen-bond donors (Lipinski definition) is 3. The predicted octanol–water partition coefficient (Wildman–Crippen LogP) is 2.42. The molecule has 8 heteroatoms. The number of aromatic nitrogens is 1. The van der Waals surface area contributed by atoms with Gasteiger partial charge in [0.05, 0.1) is 0 Å². The number of nitrogens with one attached hydrogen (secondary N) is 2. The number of carbonyl (C=O) groups is 2. The number of carboxylic acids is 1. The summed E-state index contributed by atoms with van der Waals surface area (Å²) in [4.78, 5) is 26.2. The molecule has 0 saturated carbocycles. The molecule has 0 atom stereocenters. The van der Waals surface area contributed by atoms with E-state index in [0.717, 1.165) is 4.47 Å². The number of nitriles is 1. The van der Waals surface area contributed by atoms with Gasteiger partial charge in [0.2, 0.25) is 0 Å². The predicted molar refractivity (Wildman–Crippen MR) is 88.4 cm³/mol. The molecule has 0 bridgehead atoms. The molecule has 0 aliphatic heterocycles. The van der Waals surface area contributed by atoms with Gasteiger partial charge in [-0.1, -0.05) is 6.42 Å². The van der Waals surface area contributed by atoms with Gasteiger partial charge in [0.1, 0.15) is 17.5 Å². The van der Waals surface area contributed by atoms with Crippen molar-refractivity contribution in [3.63, 3.8) is 0 Å². The highest BCUT2D eigenvalue weighted by atomic mass is 79.9. The van der Waals surface area contributed by atoms with Crippen LogP contribution >= 0.6 is 15.9 Å². The van der Waals surface area contributed by atoms with Gasteiger partial charge < -0.3 is 15.7 Å². The third kappa shape index (κ3) is 7.97. The Bertz CT molecular complexity index is 608. The standard InChI is InChI=1S/C15H17BrN4O3/c16-12-5-6-13(20-10-12)19-9-11(8-17)15(23)18-7-3-1-2-4-14(21)22/h5-6,9-10H,1-4,7H2,(H,18,23)(H,19,20)(H,21,22)/b11-9-. The van der Waals surface area contributed by atoms with E-state index >= 15 is 0 Å². The van der Waals surface area contributed by atoms with Crippen LogP contribution in [0.25, 0.3) is 0 Å². The maximum Gasteiger partial charge on any atom is 0.303 e. The van der Waals surface area contributed by atoms with Crippen molar-refractivity contribution in [3.8, 4) is 6.07 Å². The van der Waals surface area contributed by atoms with E-state index in [4.69, 9.17) is 10.4 Å². The van der Waals surface area contributed by atoms with Gasteiger partial charge in [-0.05, 0) is 40.9 Å². The molecule has 0 radical (unpaired) electrons. The first kappa shape index (κ1) is 18.6. The summed E-state index contributed by atoms with van der Waals surface area (Å²) in [5, 5.41) is 22.9. The molecule has 1 heterocycles. The molecule has 0 fully saturated rings. The zero-order valence-corrected chi connectivity index (χ0v) is 14.0. The van der Waals surface area contributed by atoms with Crippen LogP contribution < -0.4 is 10.6 Å². The molecular formula is C15H17BrN4O3. The van der Waals surface area contributed by atoms with Crippen molar-refractivity contribution in [1.29, 1.82) is 5.26 Å². The highest BCUT2D eigenvalue weighted by Gasteiger charge is 2.08. The molecular weight excluding hydrogens is 364 g/mol. The number of aliphatic carboxylic acids is 1. The van der Waals surface area contributed by atoms with Gasteiger partial charge in [0, 0.05) is 29.8 Å². The lowest BCUT2D eigenvalue weighted by atomic mass is 10.2. The Hall–Kier alpha value is -2.40. The van der Waals surface area contributed by atoms with Crippen molar-refractivity contribution in [2.45, 2.75) is 25.7 Å². The fraction of sp³-hybridized carbons (Fsp3) is 0.333. The maximum atomic E-state index is 11.8. The summed E-state index contributed by atoms with van der Waals surface area (Å²) >= 11 is 3.26. The molecule has 1 rings (SSSR count). The average Bonchev–Trinajstić information content (AvgIpc) is 2.52. The molecule has 1 aromatic heterocycles. The van der Waals surface area contributed by atoms with E-state index in [2.05, 4.69) is 31.5 Å². The molecule has 0 saturated heterocycles. The molecule has 3 N–H and O–H groups in total. The number of nitrogens with zero attached hydrogens (tertiary/aromatic N) is 2. The van der Waals surface area contributed by atoms with E-state index in [0.29, 0.717) is 31.6 Å². The summed E-state index contributed by atoms with van der Waals surface area (Å²) < 4.78 is 0.827. The van der Waals surface area contributed by atoms with Crippen LogP contribution in [0.3, 0.4) is 0 Å². The Morgan fingerprint density at radius 3 is 2.74 bits per heavy atom. The van der Waals surface area contributed by atoms with Crippen LogP contribution in [-0.2, 0) is 9.59 Å². The SMILES string of the molecule is N#C/C(=C/Nc1ccc(Br)cn1)C(=O)NCCCCCC(=O)O. The fourth-order valence-corrected chi connectivity index (χ4v) is 1.87. The van der Waals surface area contributed by atoms with E-state index in [1.165, 1.54) is 6.20 Å². The maximum absolute atomic E-state index is 11.8. The van der Waals surface area contributed by atoms with Gasteiger partial charge in [-0.3, -0.25) is 9.59 Å². The first-order valence-electron chi connectivity index (χ1n) is 7.01. The monoisotopic (exact) mass is 380 g/mol. The van der Waals surface area contributed by atoms with Gasteiger partial charge >= 0.3 is 5.97 Å². The van der Waals surface area contributed by atoms with Crippen molar-refractivity contribution >= 4 is 33.6 Å². The lowest BCUT2D eigenvalue weighted by Gasteiger charge is -2.05. The molecule has 0 unspecified atom stereocenters. The highest BCUT2D eigenvalue weighted by molar-refractivity contribution is 9.10. The van der Waals surface area contributed by atoms with Gasteiger partial charge in [-0.2, -0.15) is 5.26 Å². The summed E-state index contributed by atoms with van der Waals surface area (Å²) in [5.41, 5.74) is -0.0553. The Kier molecular flexibility index (Phi) is 8.39. The second-order valence-corrected chi connectivity index (χ2v) is 5.55.